The van der Waals surface area contributed by atoms with E-state index in [2.05, 4.69) is 20.6 Å². The Morgan fingerprint density at radius 1 is 0.875 bits per heavy atom. The van der Waals surface area contributed by atoms with Gasteiger partial charge < -0.3 is 10.6 Å². The summed E-state index contributed by atoms with van der Waals surface area (Å²) in [4.78, 5) is 20.1. The number of hydrogen-bond acceptors (Lipinski definition) is 4. The number of hydrogen-bond donors (Lipinski definition) is 2. The smallest absolute Gasteiger partial charge is 0.258 e. The zero-order valence-corrected chi connectivity index (χ0v) is 12.3. The molecule has 0 saturated carbocycles. The molecule has 1 heterocycles. The highest BCUT2D eigenvalue weighted by molar-refractivity contribution is 6.04. The van der Waals surface area contributed by atoms with E-state index >= 15 is 0 Å². The van der Waals surface area contributed by atoms with Gasteiger partial charge in [0.05, 0.1) is 5.56 Å². The Balaban J connectivity index is 1.72. The average Bonchev–Trinajstić information content (AvgIpc) is 2.60. The Morgan fingerprint density at radius 3 is 2.12 bits per heavy atom. The number of carbonyl (C=O) groups is 1. The fraction of sp³-hybridized carbons (Fsp3) is 0. The summed E-state index contributed by atoms with van der Waals surface area (Å²) >= 11 is 0. The molecule has 0 spiro atoms. The van der Waals surface area contributed by atoms with Crippen molar-refractivity contribution in [2.24, 2.45) is 0 Å². The molecule has 0 aliphatic rings. The third kappa shape index (κ3) is 3.52. The third-order valence-electron chi connectivity index (χ3n) is 3.15. The van der Waals surface area contributed by atoms with E-state index in [-0.39, 0.29) is 5.56 Å². The van der Waals surface area contributed by atoms with Crippen molar-refractivity contribution in [1.82, 2.24) is 9.97 Å². The number of anilines is 3. The van der Waals surface area contributed by atoms with Gasteiger partial charge >= 0.3 is 0 Å². The predicted octanol–water partition coefficient (Wildman–Crippen LogP) is 3.75. The molecule has 24 heavy (non-hydrogen) atoms. The van der Waals surface area contributed by atoms with Gasteiger partial charge in [0, 0.05) is 18.1 Å². The Hall–Kier alpha value is -3.35. The summed E-state index contributed by atoms with van der Waals surface area (Å²) in [7, 11) is 0. The third-order valence-corrected chi connectivity index (χ3v) is 3.15. The number of rotatable bonds is 4. The highest BCUT2D eigenvalue weighted by Gasteiger charge is 2.14. The van der Waals surface area contributed by atoms with Crippen LogP contribution < -0.4 is 10.6 Å². The zero-order valence-electron chi connectivity index (χ0n) is 12.3. The first-order valence-corrected chi connectivity index (χ1v) is 7.03. The van der Waals surface area contributed by atoms with E-state index in [1.54, 1.807) is 0 Å². The van der Waals surface area contributed by atoms with Crippen LogP contribution in [0.3, 0.4) is 0 Å². The maximum Gasteiger partial charge on any atom is 0.258 e. The number of halogens is 2. The molecule has 7 heteroatoms. The number of nitrogens with one attached hydrogen (secondary N) is 2. The molecule has 0 saturated heterocycles. The van der Waals surface area contributed by atoms with Crippen LogP contribution in [0.15, 0.2) is 60.9 Å². The lowest BCUT2D eigenvalue weighted by Gasteiger charge is -2.08. The van der Waals surface area contributed by atoms with Gasteiger partial charge in [-0.25, -0.2) is 18.7 Å². The van der Waals surface area contributed by atoms with Gasteiger partial charge in [-0.3, -0.25) is 4.79 Å². The minimum Gasteiger partial charge on any atom is -0.324 e. The molecule has 0 aliphatic heterocycles. The van der Waals surface area contributed by atoms with E-state index in [1.807, 2.05) is 30.3 Å². The van der Waals surface area contributed by atoms with Crippen molar-refractivity contribution in [3.8, 4) is 0 Å². The Bertz CT molecular complexity index is 834. The molecular formula is C17H12F2N4O. The summed E-state index contributed by atoms with van der Waals surface area (Å²) in [6, 6.07) is 12.6. The summed E-state index contributed by atoms with van der Waals surface area (Å²) in [5.41, 5.74) is 0.369. The highest BCUT2D eigenvalue weighted by atomic mass is 19.1. The molecule has 0 aliphatic carbocycles. The molecule has 1 amide bonds. The lowest BCUT2D eigenvalue weighted by molar-refractivity contribution is 0.102. The largest absolute Gasteiger partial charge is 0.324 e. The minimum absolute atomic E-state index is 0.0799. The van der Waals surface area contributed by atoms with Crippen molar-refractivity contribution in [2.45, 2.75) is 0 Å². The molecule has 0 unspecified atom stereocenters. The van der Waals surface area contributed by atoms with Gasteiger partial charge in [0.15, 0.2) is 0 Å². The second kappa shape index (κ2) is 6.82. The van der Waals surface area contributed by atoms with Gasteiger partial charge in [-0.2, -0.15) is 0 Å². The van der Waals surface area contributed by atoms with Gasteiger partial charge in [-0.05, 0) is 24.3 Å². The minimum atomic E-state index is -0.855. The number of benzene rings is 2. The normalized spacial score (nSPS) is 10.2. The van der Waals surface area contributed by atoms with Crippen molar-refractivity contribution in [3.05, 3.63) is 78.1 Å². The molecule has 120 valence electrons. The molecule has 2 aromatic carbocycles. The van der Waals surface area contributed by atoms with Crippen LogP contribution in [0.5, 0.6) is 0 Å². The zero-order chi connectivity index (χ0) is 16.9. The van der Waals surface area contributed by atoms with Crippen molar-refractivity contribution in [2.75, 3.05) is 10.6 Å². The molecule has 3 aromatic rings. The van der Waals surface area contributed by atoms with Gasteiger partial charge in [0.2, 0.25) is 5.95 Å². The Labute approximate surface area is 136 Å². The number of aromatic nitrogens is 2. The van der Waals surface area contributed by atoms with Crippen LogP contribution in [0.2, 0.25) is 0 Å². The lowest BCUT2D eigenvalue weighted by Crippen LogP contribution is -2.15. The van der Waals surface area contributed by atoms with Crippen LogP contribution in [-0.2, 0) is 0 Å². The summed E-state index contributed by atoms with van der Waals surface area (Å²) in [6.45, 7) is 0. The number of para-hydroxylation sites is 2. The molecule has 3 rings (SSSR count). The van der Waals surface area contributed by atoms with Gasteiger partial charge in [0.1, 0.15) is 17.3 Å². The monoisotopic (exact) mass is 326 g/mol. The SMILES string of the molecule is O=C(Nc1c(F)cccc1F)c1cnc(Nc2ccccc2)nc1. The van der Waals surface area contributed by atoms with Crippen LogP contribution in [0.4, 0.5) is 26.1 Å². The first-order chi connectivity index (χ1) is 11.6. The van der Waals surface area contributed by atoms with Gasteiger partial charge in [-0.1, -0.05) is 24.3 Å². The summed E-state index contributed by atoms with van der Waals surface area (Å²) in [5, 5.41) is 5.14. The van der Waals surface area contributed by atoms with Crippen LogP contribution in [0, 0.1) is 11.6 Å². The van der Waals surface area contributed by atoms with Crippen molar-refractivity contribution < 1.29 is 13.6 Å². The molecule has 2 N–H and O–H groups in total. The quantitative estimate of drug-likeness (QED) is 0.766. The summed E-state index contributed by atoms with van der Waals surface area (Å²) < 4.78 is 27.1. The van der Waals surface area contributed by atoms with Crippen LogP contribution in [-0.4, -0.2) is 15.9 Å². The molecule has 0 radical (unpaired) electrons. The maximum atomic E-state index is 13.5. The van der Waals surface area contributed by atoms with E-state index in [4.69, 9.17) is 0 Å². The van der Waals surface area contributed by atoms with E-state index in [0.717, 1.165) is 17.8 Å². The van der Waals surface area contributed by atoms with E-state index in [1.165, 1.54) is 18.5 Å². The second-order valence-electron chi connectivity index (χ2n) is 4.84. The second-order valence-corrected chi connectivity index (χ2v) is 4.84. The van der Waals surface area contributed by atoms with Crippen molar-refractivity contribution in [3.63, 3.8) is 0 Å². The Kier molecular flexibility index (Phi) is 4.42. The van der Waals surface area contributed by atoms with Crippen LogP contribution >= 0.6 is 0 Å². The van der Waals surface area contributed by atoms with Crippen molar-refractivity contribution >= 4 is 23.2 Å². The van der Waals surface area contributed by atoms with Crippen LogP contribution in [0.25, 0.3) is 0 Å². The predicted molar refractivity (Wildman–Crippen MR) is 86.1 cm³/mol. The summed E-state index contributed by atoms with van der Waals surface area (Å²) in [6.07, 6.45) is 2.54. The lowest BCUT2D eigenvalue weighted by atomic mass is 10.2. The average molecular weight is 326 g/mol. The standard InChI is InChI=1S/C17H12F2N4O/c18-13-7-4-8-14(19)15(13)23-16(24)11-9-20-17(21-10-11)22-12-5-2-1-3-6-12/h1-10H,(H,23,24)(H,20,21,22). The van der Waals surface area contributed by atoms with E-state index in [0.29, 0.717) is 5.95 Å². The number of amides is 1. The van der Waals surface area contributed by atoms with E-state index < -0.39 is 23.2 Å². The first-order valence-electron chi connectivity index (χ1n) is 7.03. The molecule has 1 aromatic heterocycles. The molecule has 0 fully saturated rings. The van der Waals surface area contributed by atoms with Gasteiger partial charge in [-0.15, -0.1) is 0 Å². The molecule has 5 nitrogen and oxygen atoms in total. The number of carbonyl (C=O) groups excluding carboxylic acids is 1. The fourth-order valence-electron chi connectivity index (χ4n) is 1.96. The highest BCUT2D eigenvalue weighted by Crippen LogP contribution is 2.19. The topological polar surface area (TPSA) is 66.9 Å². The number of nitrogens with zero attached hydrogens (tertiary/aromatic N) is 2. The fourth-order valence-corrected chi connectivity index (χ4v) is 1.96. The van der Waals surface area contributed by atoms with Crippen molar-refractivity contribution in [1.29, 1.82) is 0 Å². The maximum absolute atomic E-state index is 13.5. The molecule has 0 atom stereocenters. The molecule has 0 bridgehead atoms. The summed E-state index contributed by atoms with van der Waals surface area (Å²) in [5.74, 6) is -2.11. The van der Waals surface area contributed by atoms with E-state index in [9.17, 15) is 13.6 Å². The first kappa shape index (κ1) is 15.5. The Morgan fingerprint density at radius 2 is 1.50 bits per heavy atom. The molecular weight excluding hydrogens is 314 g/mol. The van der Waals surface area contributed by atoms with Crippen LogP contribution in [0.1, 0.15) is 10.4 Å². The van der Waals surface area contributed by atoms with Gasteiger partial charge in [0.25, 0.3) is 5.91 Å².